The van der Waals surface area contributed by atoms with Gasteiger partial charge in [0.05, 0.1) is 6.16 Å². The van der Waals surface area contributed by atoms with Crippen LogP contribution in [-0.2, 0) is 4.79 Å². The molecule has 3 heteroatoms. The first-order valence-electron chi connectivity index (χ1n) is 8.47. The van der Waals surface area contributed by atoms with Gasteiger partial charge in [-0.1, -0.05) is 54.6 Å². The molecule has 3 aromatic rings. The van der Waals surface area contributed by atoms with Gasteiger partial charge in [0.2, 0.25) is 0 Å². The number of carbonyl (C=O) groups is 1. The first kappa shape index (κ1) is 18.0. The van der Waals surface area contributed by atoms with Crippen molar-refractivity contribution < 1.29 is 4.79 Å². The van der Waals surface area contributed by atoms with E-state index in [0.717, 1.165) is 12.6 Å². The van der Waals surface area contributed by atoms with Crippen molar-refractivity contribution in [1.29, 1.82) is 0 Å². The Balaban J connectivity index is 2.18. The molecule has 3 rings (SSSR count). The molecule has 0 saturated heterocycles. The highest BCUT2D eigenvalue weighted by Crippen LogP contribution is 2.55. The first-order valence-corrected chi connectivity index (χ1v) is 11.2. The topological polar surface area (TPSA) is 17.1 Å². The fraction of sp³-hybridized carbons (Fsp3) is 0.136. The van der Waals surface area contributed by atoms with Crippen LogP contribution in [0.4, 0.5) is 0 Å². The van der Waals surface area contributed by atoms with Crippen molar-refractivity contribution in [3.63, 3.8) is 0 Å². The van der Waals surface area contributed by atoms with Gasteiger partial charge in [-0.2, -0.15) is 0 Å². The minimum absolute atomic E-state index is 0.0831. The van der Waals surface area contributed by atoms with Crippen molar-refractivity contribution in [3.05, 3.63) is 91.0 Å². The van der Waals surface area contributed by atoms with E-state index in [1.54, 1.807) is 0 Å². The van der Waals surface area contributed by atoms with E-state index in [-0.39, 0.29) is 4.69 Å². The van der Waals surface area contributed by atoms with Crippen LogP contribution in [0.5, 0.6) is 0 Å². The summed E-state index contributed by atoms with van der Waals surface area (Å²) >= 11 is 3.08. The summed E-state index contributed by atoms with van der Waals surface area (Å²) in [7, 11) is -1.78. The third-order valence-corrected chi connectivity index (χ3v) is 9.38. The molecule has 0 saturated carbocycles. The van der Waals surface area contributed by atoms with Crippen LogP contribution in [0.15, 0.2) is 91.0 Å². The Kier molecular flexibility index (Phi) is 6.18. The second-order valence-electron chi connectivity index (χ2n) is 6.00. The summed E-state index contributed by atoms with van der Waals surface area (Å²) in [5.41, 5.74) is 0. The number of halogens is 1. The lowest BCUT2D eigenvalue weighted by atomic mass is 10.3. The molecule has 0 heterocycles. The highest BCUT2D eigenvalue weighted by Gasteiger charge is 2.44. The zero-order chi connectivity index (χ0) is 17.5. The van der Waals surface area contributed by atoms with Gasteiger partial charge in [0, 0.05) is 6.42 Å². The van der Waals surface area contributed by atoms with Gasteiger partial charge in [-0.25, -0.2) is 0 Å². The Morgan fingerprint density at radius 3 is 1.36 bits per heavy atom. The van der Waals surface area contributed by atoms with E-state index < -0.39 is 7.26 Å². The zero-order valence-corrected chi connectivity index (χ0v) is 16.5. The van der Waals surface area contributed by atoms with E-state index in [1.807, 2.05) is 0 Å². The molecule has 0 amide bonds. The lowest BCUT2D eigenvalue weighted by molar-refractivity contribution is -0.110. The van der Waals surface area contributed by atoms with Gasteiger partial charge in [-0.05, 0) is 58.7 Å². The molecular formula is C22H21BrOP+. The van der Waals surface area contributed by atoms with Gasteiger partial charge >= 0.3 is 0 Å². The third-order valence-electron chi connectivity index (χ3n) is 4.46. The zero-order valence-electron chi connectivity index (χ0n) is 14.0. The fourth-order valence-corrected chi connectivity index (χ4v) is 7.96. The van der Waals surface area contributed by atoms with Crippen LogP contribution in [0.2, 0.25) is 0 Å². The maximum absolute atomic E-state index is 11.5. The lowest BCUT2D eigenvalue weighted by Crippen LogP contribution is -2.33. The molecule has 3 aromatic carbocycles. The Morgan fingerprint density at radius 1 is 0.680 bits per heavy atom. The molecule has 0 spiro atoms. The Morgan fingerprint density at radius 2 is 1.04 bits per heavy atom. The predicted molar refractivity (Wildman–Crippen MR) is 113 cm³/mol. The molecule has 0 aliphatic carbocycles. The Hall–Kier alpha value is -1.76. The summed E-state index contributed by atoms with van der Waals surface area (Å²) in [4.78, 5) is 11.5. The largest absolute Gasteiger partial charge is 0.287 e. The van der Waals surface area contributed by atoms with E-state index in [1.165, 1.54) is 15.9 Å². The van der Waals surface area contributed by atoms with Crippen molar-refractivity contribution in [2.24, 2.45) is 0 Å². The lowest BCUT2D eigenvalue weighted by Gasteiger charge is -2.27. The maximum Gasteiger partial charge on any atom is 0.197 e. The summed E-state index contributed by atoms with van der Waals surface area (Å²) in [6, 6.07) is 32.3. The minimum Gasteiger partial charge on any atom is -0.287 e. The van der Waals surface area contributed by atoms with E-state index in [0.29, 0.717) is 6.42 Å². The highest BCUT2D eigenvalue weighted by atomic mass is 79.9. The molecule has 0 atom stereocenters. The van der Waals surface area contributed by atoms with Crippen LogP contribution < -0.4 is 15.9 Å². The van der Waals surface area contributed by atoms with Gasteiger partial charge in [-0.3, -0.25) is 4.79 Å². The molecule has 126 valence electrons. The number of hydrogen-bond donors (Lipinski definition) is 0. The quantitative estimate of drug-likeness (QED) is 0.407. The van der Waals surface area contributed by atoms with Crippen LogP contribution in [0, 0.1) is 0 Å². The van der Waals surface area contributed by atoms with E-state index in [9.17, 15) is 4.79 Å². The molecule has 0 fully saturated rings. The summed E-state index contributed by atoms with van der Waals surface area (Å²) in [5, 5.41) is 4.11. The van der Waals surface area contributed by atoms with Crippen LogP contribution >= 0.6 is 23.2 Å². The van der Waals surface area contributed by atoms with Gasteiger partial charge in [-0.15, -0.1) is 0 Å². The van der Waals surface area contributed by atoms with Gasteiger partial charge in [0.1, 0.15) is 23.2 Å². The van der Waals surface area contributed by atoms with Gasteiger partial charge < -0.3 is 0 Å². The van der Waals surface area contributed by atoms with Crippen molar-refractivity contribution >= 4 is 43.8 Å². The molecule has 0 bridgehead atoms. The Labute approximate surface area is 158 Å². The molecule has 0 aliphatic heterocycles. The van der Waals surface area contributed by atoms with Gasteiger partial charge in [0.25, 0.3) is 0 Å². The number of benzene rings is 3. The van der Waals surface area contributed by atoms with Crippen molar-refractivity contribution in [1.82, 2.24) is 0 Å². The molecule has 0 unspecified atom stereocenters. The SMILES string of the molecule is O=C(Br)CCC[P+](c1ccccc1)(c1ccccc1)c1ccccc1. The fourth-order valence-electron chi connectivity index (χ4n) is 3.34. The van der Waals surface area contributed by atoms with E-state index >= 15 is 0 Å². The highest BCUT2D eigenvalue weighted by molar-refractivity contribution is 9.18. The summed E-state index contributed by atoms with van der Waals surface area (Å²) < 4.78 is 0.0831. The standard InChI is InChI=1S/C22H21BrOP/c23-22(24)17-10-18-25(19-11-4-1-5-12-19,20-13-6-2-7-14-20)21-15-8-3-9-16-21/h1-9,11-16H,10,17-18H2/q+1. The molecule has 0 N–H and O–H groups in total. The van der Waals surface area contributed by atoms with Crippen LogP contribution in [-0.4, -0.2) is 10.9 Å². The molecule has 0 aromatic heterocycles. The van der Waals surface area contributed by atoms with Crippen LogP contribution in [0.25, 0.3) is 0 Å². The van der Waals surface area contributed by atoms with Crippen LogP contribution in [0.3, 0.4) is 0 Å². The summed E-state index contributed by atoms with van der Waals surface area (Å²) in [5.74, 6) is 0. The normalized spacial score (nSPS) is 11.2. The van der Waals surface area contributed by atoms with E-state index in [4.69, 9.17) is 0 Å². The maximum atomic E-state index is 11.5. The van der Waals surface area contributed by atoms with Crippen LogP contribution in [0.1, 0.15) is 12.8 Å². The smallest absolute Gasteiger partial charge is 0.197 e. The van der Waals surface area contributed by atoms with Gasteiger partial charge in [0.15, 0.2) is 4.69 Å². The van der Waals surface area contributed by atoms with Crippen molar-refractivity contribution in [2.45, 2.75) is 12.8 Å². The number of carbonyl (C=O) groups excluding carboxylic acids is 1. The summed E-state index contributed by atoms with van der Waals surface area (Å²) in [6.45, 7) is 0. The molecule has 0 radical (unpaired) electrons. The first-order chi connectivity index (χ1) is 12.2. The third kappa shape index (κ3) is 4.08. The number of rotatable bonds is 7. The predicted octanol–water partition coefficient (Wildman–Crippen LogP) is 4.68. The monoisotopic (exact) mass is 411 g/mol. The molecular weight excluding hydrogens is 391 g/mol. The average molecular weight is 412 g/mol. The second-order valence-corrected chi connectivity index (χ2v) is 10.5. The van der Waals surface area contributed by atoms with Crippen molar-refractivity contribution in [2.75, 3.05) is 6.16 Å². The minimum atomic E-state index is -1.78. The molecule has 25 heavy (non-hydrogen) atoms. The average Bonchev–Trinajstić information content (AvgIpc) is 2.67. The Bertz CT molecular complexity index is 707. The molecule has 1 nitrogen and oxygen atoms in total. The molecule has 0 aliphatic rings. The summed E-state index contributed by atoms with van der Waals surface area (Å²) in [6.07, 6.45) is 2.42. The second kappa shape index (κ2) is 8.56. The van der Waals surface area contributed by atoms with E-state index in [2.05, 4.69) is 107 Å². The van der Waals surface area contributed by atoms with Crippen molar-refractivity contribution in [3.8, 4) is 0 Å². The number of hydrogen-bond acceptors (Lipinski definition) is 1.